The van der Waals surface area contributed by atoms with E-state index in [9.17, 15) is 30.1 Å². The fourth-order valence-electron chi connectivity index (χ4n) is 1.12. The highest BCUT2D eigenvalue weighted by Crippen LogP contribution is 2.36. The molecule has 0 aliphatic rings. The van der Waals surface area contributed by atoms with Crippen LogP contribution in [-0.2, 0) is 4.74 Å². The number of nitro benzene ring substituents is 2. The Morgan fingerprint density at radius 1 is 1.16 bits per heavy atom. The third-order valence-electron chi connectivity index (χ3n) is 1.88. The lowest BCUT2D eigenvalue weighted by Crippen LogP contribution is -2.04. The van der Waals surface area contributed by atoms with Crippen molar-refractivity contribution in [3.05, 3.63) is 37.9 Å². The van der Waals surface area contributed by atoms with Crippen molar-refractivity contribution in [3.8, 4) is 5.75 Å². The highest BCUT2D eigenvalue weighted by Gasteiger charge is 2.28. The summed E-state index contributed by atoms with van der Waals surface area (Å²) in [7, 11) is 1.02. The summed E-state index contributed by atoms with van der Waals surface area (Å²) in [5, 5.41) is 30.3. The van der Waals surface area contributed by atoms with Gasteiger partial charge in [0.15, 0.2) is 0 Å². The maximum absolute atomic E-state index is 11.1. The first-order valence-electron chi connectivity index (χ1n) is 4.12. The van der Waals surface area contributed by atoms with Gasteiger partial charge in [-0.2, -0.15) is 0 Å². The standard InChI is InChI=1S/C8H6N2O7.2ClH/c1-17-8(12)4-2-5(9(13)14)7(11)6(3-4)10(15)16;;/h2-3,11H,1H3;2*1H. The summed E-state index contributed by atoms with van der Waals surface area (Å²) in [5.74, 6) is -2.08. The zero-order valence-corrected chi connectivity index (χ0v) is 10.9. The second-order valence-corrected chi connectivity index (χ2v) is 2.87. The first-order chi connectivity index (χ1) is 7.88. The van der Waals surface area contributed by atoms with E-state index in [0.29, 0.717) is 12.1 Å². The number of phenols is 1. The number of rotatable bonds is 3. The Hall–Kier alpha value is -2.13. The van der Waals surface area contributed by atoms with Crippen LogP contribution in [0.25, 0.3) is 0 Å². The van der Waals surface area contributed by atoms with Gasteiger partial charge >= 0.3 is 17.3 Å². The topological polar surface area (TPSA) is 133 Å². The monoisotopic (exact) mass is 314 g/mol. The van der Waals surface area contributed by atoms with Crippen molar-refractivity contribution in [2.24, 2.45) is 0 Å². The van der Waals surface area contributed by atoms with E-state index in [1.54, 1.807) is 0 Å². The van der Waals surface area contributed by atoms with Gasteiger partial charge in [-0.15, -0.1) is 24.8 Å². The number of ether oxygens (including phenoxy) is 1. The number of methoxy groups -OCH3 is 1. The number of carbonyl (C=O) groups excluding carboxylic acids is 1. The number of hydrogen-bond acceptors (Lipinski definition) is 7. The molecule has 0 fully saturated rings. The SMILES string of the molecule is COC(=O)c1cc([N+](=O)[O-])c(O)c([N+](=O)[O-])c1.Cl.Cl. The molecule has 0 radical (unpaired) electrons. The Bertz CT molecular complexity index is 485. The van der Waals surface area contributed by atoms with Gasteiger partial charge in [0.1, 0.15) is 0 Å². The summed E-state index contributed by atoms with van der Waals surface area (Å²) in [6.07, 6.45) is 0. The highest BCUT2D eigenvalue weighted by molar-refractivity contribution is 5.92. The second kappa shape index (κ2) is 7.34. The number of halogens is 2. The highest BCUT2D eigenvalue weighted by atomic mass is 35.5. The van der Waals surface area contributed by atoms with Crippen molar-refractivity contribution in [1.29, 1.82) is 0 Å². The summed E-state index contributed by atoms with van der Waals surface area (Å²) in [4.78, 5) is 30.1. The second-order valence-electron chi connectivity index (χ2n) is 2.87. The average molecular weight is 315 g/mol. The van der Waals surface area contributed by atoms with Crippen LogP contribution in [0.2, 0.25) is 0 Å². The lowest BCUT2D eigenvalue weighted by molar-refractivity contribution is -0.396. The summed E-state index contributed by atoms with van der Waals surface area (Å²) in [6, 6.07) is 1.41. The van der Waals surface area contributed by atoms with Crippen LogP contribution >= 0.6 is 24.8 Å². The van der Waals surface area contributed by atoms with Crippen molar-refractivity contribution in [1.82, 2.24) is 0 Å². The van der Waals surface area contributed by atoms with Crippen molar-refractivity contribution < 1.29 is 24.5 Å². The van der Waals surface area contributed by atoms with Gasteiger partial charge in [-0.25, -0.2) is 4.79 Å². The minimum Gasteiger partial charge on any atom is -0.497 e. The molecular weight excluding hydrogens is 307 g/mol. The average Bonchev–Trinajstić information content (AvgIpc) is 2.27. The lowest BCUT2D eigenvalue weighted by atomic mass is 10.1. The largest absolute Gasteiger partial charge is 0.497 e. The lowest BCUT2D eigenvalue weighted by Gasteiger charge is -2.01. The predicted molar refractivity (Wildman–Crippen MR) is 67.3 cm³/mol. The number of nitrogens with zero attached hydrogens (tertiary/aromatic N) is 2. The van der Waals surface area contributed by atoms with E-state index in [2.05, 4.69) is 4.74 Å². The Morgan fingerprint density at radius 3 is 1.79 bits per heavy atom. The molecule has 0 saturated heterocycles. The molecule has 1 aromatic carbocycles. The minimum atomic E-state index is -1.10. The molecule has 106 valence electrons. The number of benzene rings is 1. The van der Waals surface area contributed by atoms with Gasteiger partial charge in [0.2, 0.25) is 0 Å². The van der Waals surface area contributed by atoms with Crippen LogP contribution in [0.3, 0.4) is 0 Å². The minimum absolute atomic E-state index is 0. The number of carbonyl (C=O) groups is 1. The fourth-order valence-corrected chi connectivity index (χ4v) is 1.12. The van der Waals surface area contributed by atoms with Crippen LogP contribution in [0, 0.1) is 20.2 Å². The Balaban J connectivity index is 0. The smallest absolute Gasteiger partial charge is 0.338 e. The van der Waals surface area contributed by atoms with Crippen molar-refractivity contribution in [2.45, 2.75) is 0 Å². The first-order valence-corrected chi connectivity index (χ1v) is 4.12. The molecule has 1 aromatic rings. The maximum Gasteiger partial charge on any atom is 0.338 e. The zero-order chi connectivity index (χ0) is 13.2. The fraction of sp³-hybridized carbons (Fsp3) is 0.125. The van der Waals surface area contributed by atoms with Crippen molar-refractivity contribution >= 4 is 42.2 Å². The summed E-state index contributed by atoms with van der Waals surface area (Å²) in [6.45, 7) is 0. The molecule has 0 atom stereocenters. The van der Waals surface area contributed by atoms with Crippen LogP contribution in [0.4, 0.5) is 11.4 Å². The molecule has 0 aliphatic heterocycles. The van der Waals surface area contributed by atoms with Gasteiger partial charge in [0.05, 0.1) is 22.5 Å². The molecular formula is C8H8Cl2N2O7. The number of aromatic hydroxyl groups is 1. The third kappa shape index (κ3) is 3.93. The van der Waals surface area contributed by atoms with Crippen molar-refractivity contribution in [2.75, 3.05) is 7.11 Å². The molecule has 11 heteroatoms. The molecule has 0 bridgehead atoms. The maximum atomic E-state index is 11.1. The summed E-state index contributed by atoms with van der Waals surface area (Å²) >= 11 is 0. The van der Waals surface area contributed by atoms with E-state index in [-0.39, 0.29) is 30.4 Å². The molecule has 1 N–H and O–H groups in total. The quantitative estimate of drug-likeness (QED) is 0.511. The van der Waals surface area contributed by atoms with E-state index in [1.165, 1.54) is 0 Å². The summed E-state index contributed by atoms with van der Waals surface area (Å²) in [5.41, 5.74) is -2.25. The van der Waals surface area contributed by atoms with Crippen LogP contribution in [0.1, 0.15) is 10.4 Å². The molecule has 0 heterocycles. The van der Waals surface area contributed by atoms with E-state index in [0.717, 1.165) is 7.11 Å². The number of nitro groups is 2. The van der Waals surface area contributed by atoms with Crippen LogP contribution in [0.5, 0.6) is 5.75 Å². The Kier molecular flexibility index (Phi) is 7.42. The van der Waals surface area contributed by atoms with Gasteiger partial charge in [-0.05, 0) is 0 Å². The van der Waals surface area contributed by atoms with Crippen molar-refractivity contribution in [3.63, 3.8) is 0 Å². The molecule has 19 heavy (non-hydrogen) atoms. The van der Waals surface area contributed by atoms with E-state index in [1.807, 2.05) is 0 Å². The number of phenolic OH excluding ortho intramolecular Hbond substituents is 1. The zero-order valence-electron chi connectivity index (χ0n) is 9.26. The van der Waals surface area contributed by atoms with Gasteiger partial charge in [0.25, 0.3) is 5.75 Å². The van der Waals surface area contributed by atoms with Gasteiger partial charge < -0.3 is 9.84 Å². The van der Waals surface area contributed by atoms with Gasteiger partial charge in [0, 0.05) is 12.1 Å². The Labute approximate surface area is 118 Å². The molecule has 0 unspecified atom stereocenters. The molecule has 0 aromatic heterocycles. The van der Waals surface area contributed by atoms with Crippen LogP contribution in [-0.4, -0.2) is 28.0 Å². The van der Waals surface area contributed by atoms with E-state index in [4.69, 9.17) is 0 Å². The van der Waals surface area contributed by atoms with Gasteiger partial charge in [-0.1, -0.05) is 0 Å². The van der Waals surface area contributed by atoms with Crippen LogP contribution < -0.4 is 0 Å². The van der Waals surface area contributed by atoms with Gasteiger partial charge in [-0.3, -0.25) is 20.2 Å². The number of hydrogen-bond donors (Lipinski definition) is 1. The number of esters is 1. The normalized spacial score (nSPS) is 8.68. The van der Waals surface area contributed by atoms with Crippen LogP contribution in [0.15, 0.2) is 12.1 Å². The molecule has 0 spiro atoms. The summed E-state index contributed by atoms with van der Waals surface area (Å²) < 4.78 is 4.28. The molecule has 0 aliphatic carbocycles. The third-order valence-corrected chi connectivity index (χ3v) is 1.88. The van der Waals surface area contributed by atoms with E-state index >= 15 is 0 Å². The first kappa shape index (κ1) is 19.2. The van der Waals surface area contributed by atoms with E-state index < -0.39 is 32.9 Å². The molecule has 1 rings (SSSR count). The molecule has 0 amide bonds. The predicted octanol–water partition coefficient (Wildman–Crippen LogP) is 1.84. The molecule has 9 nitrogen and oxygen atoms in total. The molecule has 0 saturated carbocycles. The Morgan fingerprint density at radius 2 is 1.53 bits per heavy atom.